The molecule has 1 heterocycles. The van der Waals surface area contributed by atoms with Gasteiger partial charge in [-0.25, -0.2) is 14.6 Å². The van der Waals surface area contributed by atoms with E-state index in [2.05, 4.69) is 20.9 Å². The summed E-state index contributed by atoms with van der Waals surface area (Å²) < 4.78 is 16.4. The Morgan fingerprint density at radius 3 is 2.20 bits per heavy atom. The summed E-state index contributed by atoms with van der Waals surface area (Å²) in [4.78, 5) is 29.1. The van der Waals surface area contributed by atoms with Crippen molar-refractivity contribution in [1.82, 2.24) is 4.98 Å². The van der Waals surface area contributed by atoms with Crippen LogP contribution in [0.25, 0.3) is 21.7 Å². The van der Waals surface area contributed by atoms with Gasteiger partial charge < -0.3 is 14.2 Å². The first-order valence-corrected chi connectivity index (χ1v) is 11.0. The molecule has 2 aromatic carbocycles. The lowest BCUT2D eigenvalue weighted by atomic mass is 10.1. The fourth-order valence-corrected chi connectivity index (χ4v) is 3.90. The van der Waals surface area contributed by atoms with Crippen LogP contribution in [-0.4, -0.2) is 36.7 Å². The van der Waals surface area contributed by atoms with Crippen molar-refractivity contribution in [3.8, 4) is 27.4 Å². The molecule has 0 unspecified atom stereocenters. The topological polar surface area (TPSA) is 74.7 Å². The maximum atomic E-state index is 12.2. The molecule has 3 rings (SSSR count). The molecule has 0 saturated heterocycles. The summed E-state index contributed by atoms with van der Waals surface area (Å²) in [5, 5.41) is 0.299. The van der Waals surface area contributed by atoms with Gasteiger partial charge in [0.05, 0.1) is 23.8 Å². The van der Waals surface area contributed by atoms with Gasteiger partial charge in [-0.15, -0.1) is 11.3 Å². The summed E-state index contributed by atoms with van der Waals surface area (Å²) in [6.45, 7) is 3.95. The Morgan fingerprint density at radius 1 is 0.933 bits per heavy atom. The van der Waals surface area contributed by atoms with Crippen LogP contribution in [0.15, 0.2) is 53.0 Å². The number of aromatic nitrogens is 1. The fraction of sp³-hybridized carbons (Fsp3) is 0.227. The molecule has 156 valence electrons. The average Bonchev–Trinajstić information content (AvgIpc) is 3.19. The first kappa shape index (κ1) is 22.0. The van der Waals surface area contributed by atoms with Crippen molar-refractivity contribution in [2.24, 2.45) is 0 Å². The van der Waals surface area contributed by atoms with Gasteiger partial charge in [0.2, 0.25) is 5.01 Å². The number of carbonyl (C=O) groups excluding carboxylic acids is 2. The van der Waals surface area contributed by atoms with E-state index in [0.717, 1.165) is 20.5 Å². The third-order valence-corrected chi connectivity index (χ3v) is 5.59. The first-order chi connectivity index (χ1) is 14.5. The molecule has 0 saturated carbocycles. The number of hydrogen-bond donors (Lipinski definition) is 0. The van der Waals surface area contributed by atoms with Gasteiger partial charge in [0.25, 0.3) is 0 Å². The fourth-order valence-electron chi connectivity index (χ4n) is 2.65. The van der Waals surface area contributed by atoms with E-state index >= 15 is 0 Å². The van der Waals surface area contributed by atoms with E-state index in [1.54, 1.807) is 26.0 Å². The van der Waals surface area contributed by atoms with Gasteiger partial charge in [-0.05, 0) is 55.8 Å². The van der Waals surface area contributed by atoms with Crippen molar-refractivity contribution in [3.05, 3.63) is 58.0 Å². The van der Waals surface area contributed by atoms with E-state index in [4.69, 9.17) is 14.2 Å². The van der Waals surface area contributed by atoms with Crippen LogP contribution in [0.3, 0.4) is 0 Å². The van der Waals surface area contributed by atoms with Crippen molar-refractivity contribution in [2.45, 2.75) is 13.8 Å². The number of nitrogens with zero attached hydrogens (tertiary/aromatic N) is 1. The minimum atomic E-state index is -0.443. The van der Waals surface area contributed by atoms with Crippen LogP contribution in [0.5, 0.6) is 5.75 Å². The number of hydrogen-bond acceptors (Lipinski definition) is 7. The van der Waals surface area contributed by atoms with Crippen LogP contribution in [0.2, 0.25) is 0 Å². The van der Waals surface area contributed by atoms with Gasteiger partial charge in [-0.1, -0.05) is 28.1 Å². The van der Waals surface area contributed by atoms with Crippen LogP contribution in [0.1, 0.15) is 23.6 Å². The van der Waals surface area contributed by atoms with E-state index in [1.807, 2.05) is 36.4 Å². The molecule has 0 aliphatic heterocycles. The molecular formula is C22H20BrNO5S. The predicted octanol–water partition coefficient (Wildman–Crippen LogP) is 5.36. The van der Waals surface area contributed by atoms with Crippen molar-refractivity contribution in [1.29, 1.82) is 0 Å². The van der Waals surface area contributed by atoms with E-state index in [9.17, 15) is 9.59 Å². The zero-order chi connectivity index (χ0) is 21.5. The van der Waals surface area contributed by atoms with E-state index in [-0.39, 0.29) is 13.2 Å². The Labute approximate surface area is 186 Å². The summed E-state index contributed by atoms with van der Waals surface area (Å²) in [5.41, 5.74) is 2.45. The Balaban J connectivity index is 1.90. The van der Waals surface area contributed by atoms with Crippen molar-refractivity contribution >= 4 is 39.2 Å². The van der Waals surface area contributed by atoms with E-state index in [0.29, 0.717) is 23.1 Å². The first-order valence-electron chi connectivity index (χ1n) is 9.34. The van der Waals surface area contributed by atoms with E-state index < -0.39 is 11.9 Å². The van der Waals surface area contributed by atoms with E-state index in [1.165, 1.54) is 11.3 Å². The van der Waals surface area contributed by atoms with Crippen LogP contribution in [0.4, 0.5) is 0 Å². The molecule has 1 aromatic heterocycles. The number of benzene rings is 2. The molecule has 3 aromatic rings. The molecular weight excluding hydrogens is 470 g/mol. The Hall–Kier alpha value is -2.71. The van der Waals surface area contributed by atoms with Crippen molar-refractivity contribution in [3.63, 3.8) is 0 Å². The number of thiazole rings is 1. The lowest BCUT2D eigenvalue weighted by Gasteiger charge is -2.07. The standard InChI is InChI=1S/C22H20BrNO5S/c1-3-27-18(25)13-29-17-11-7-14(8-12-17)19-20(15-5-9-16(23)10-6-15)30-21(24-19)22(26)28-4-2/h5-12H,3-4,13H2,1-2H3. The van der Waals surface area contributed by atoms with Gasteiger partial charge in [0.1, 0.15) is 5.75 Å². The molecule has 6 nitrogen and oxygen atoms in total. The molecule has 30 heavy (non-hydrogen) atoms. The zero-order valence-electron chi connectivity index (χ0n) is 16.5. The highest BCUT2D eigenvalue weighted by molar-refractivity contribution is 9.10. The minimum Gasteiger partial charge on any atom is -0.482 e. The number of carbonyl (C=O) groups is 2. The van der Waals surface area contributed by atoms with Crippen LogP contribution in [-0.2, 0) is 14.3 Å². The largest absolute Gasteiger partial charge is 0.482 e. The molecule has 0 fully saturated rings. The van der Waals surface area contributed by atoms with Gasteiger partial charge >= 0.3 is 11.9 Å². The Bertz CT molecular complexity index is 1020. The lowest BCUT2D eigenvalue weighted by Crippen LogP contribution is -2.14. The third-order valence-electron chi connectivity index (χ3n) is 3.97. The Morgan fingerprint density at radius 2 is 1.57 bits per heavy atom. The lowest BCUT2D eigenvalue weighted by molar-refractivity contribution is -0.145. The van der Waals surface area contributed by atoms with Gasteiger partial charge in [0, 0.05) is 10.0 Å². The maximum Gasteiger partial charge on any atom is 0.367 e. The molecule has 0 amide bonds. The average molecular weight is 490 g/mol. The highest BCUT2D eigenvalue weighted by atomic mass is 79.9. The molecule has 0 N–H and O–H groups in total. The molecule has 0 atom stereocenters. The van der Waals surface area contributed by atoms with Crippen molar-refractivity contribution < 1.29 is 23.8 Å². The summed E-state index contributed by atoms with van der Waals surface area (Å²) in [6, 6.07) is 15.0. The third kappa shape index (κ3) is 5.46. The Kier molecular flexibility index (Phi) is 7.59. The summed E-state index contributed by atoms with van der Waals surface area (Å²) >= 11 is 4.73. The molecule has 0 radical (unpaired) electrons. The monoisotopic (exact) mass is 489 g/mol. The van der Waals surface area contributed by atoms with Gasteiger partial charge in [0.15, 0.2) is 6.61 Å². The van der Waals surface area contributed by atoms with Crippen molar-refractivity contribution in [2.75, 3.05) is 19.8 Å². The molecule has 0 spiro atoms. The van der Waals surface area contributed by atoms with Crippen LogP contribution in [0, 0.1) is 0 Å². The highest BCUT2D eigenvalue weighted by Gasteiger charge is 2.20. The van der Waals surface area contributed by atoms with Crippen LogP contribution >= 0.6 is 27.3 Å². The van der Waals surface area contributed by atoms with Gasteiger partial charge in [-0.2, -0.15) is 0 Å². The normalized spacial score (nSPS) is 10.5. The summed E-state index contributed by atoms with van der Waals surface area (Å²) in [5.74, 6) is -0.322. The summed E-state index contributed by atoms with van der Waals surface area (Å²) in [6.07, 6.45) is 0. The number of ether oxygens (including phenoxy) is 3. The molecule has 0 aliphatic rings. The SMILES string of the molecule is CCOC(=O)COc1ccc(-c2nc(C(=O)OCC)sc2-c2ccc(Br)cc2)cc1. The second kappa shape index (κ2) is 10.4. The molecule has 8 heteroatoms. The predicted molar refractivity (Wildman–Crippen MR) is 119 cm³/mol. The zero-order valence-corrected chi connectivity index (χ0v) is 18.9. The second-order valence-electron chi connectivity index (χ2n) is 6.04. The second-order valence-corrected chi connectivity index (χ2v) is 7.96. The molecule has 0 aliphatic carbocycles. The quantitative estimate of drug-likeness (QED) is 0.396. The maximum absolute atomic E-state index is 12.2. The number of rotatable bonds is 8. The summed E-state index contributed by atoms with van der Waals surface area (Å²) in [7, 11) is 0. The molecule has 0 bridgehead atoms. The van der Waals surface area contributed by atoms with Crippen LogP contribution < -0.4 is 4.74 Å². The smallest absolute Gasteiger partial charge is 0.367 e. The highest BCUT2D eigenvalue weighted by Crippen LogP contribution is 2.38. The number of halogens is 1. The number of esters is 2. The van der Waals surface area contributed by atoms with Gasteiger partial charge in [-0.3, -0.25) is 0 Å². The minimum absolute atomic E-state index is 0.152.